The molecule has 1 aromatic carbocycles. The smallest absolute Gasteiger partial charge is 0.272 e. The third-order valence-corrected chi connectivity index (χ3v) is 4.54. The number of carbonyl (C=O) groups is 1. The van der Waals surface area contributed by atoms with E-state index in [9.17, 15) is 4.79 Å². The summed E-state index contributed by atoms with van der Waals surface area (Å²) in [7, 11) is 0. The molecule has 0 radical (unpaired) electrons. The first kappa shape index (κ1) is 13.7. The number of pyridine rings is 1. The van der Waals surface area contributed by atoms with Crippen LogP contribution in [0.4, 0.5) is 0 Å². The van der Waals surface area contributed by atoms with Crippen LogP contribution in [0, 0.1) is 5.92 Å². The summed E-state index contributed by atoms with van der Waals surface area (Å²) in [5, 5.41) is 1.07. The highest BCUT2D eigenvalue weighted by Gasteiger charge is 2.35. The summed E-state index contributed by atoms with van der Waals surface area (Å²) in [6.45, 7) is 2.41. The fourth-order valence-electron chi connectivity index (χ4n) is 3.12. The number of hydrogen-bond acceptors (Lipinski definition) is 3. The number of amides is 1. The molecule has 1 saturated carbocycles. The number of nitrogens with zero attached hydrogens (tertiary/aromatic N) is 2. The minimum atomic E-state index is 0.0696. The van der Waals surface area contributed by atoms with Crippen molar-refractivity contribution in [3.63, 3.8) is 0 Å². The van der Waals surface area contributed by atoms with Crippen molar-refractivity contribution in [2.24, 2.45) is 5.92 Å². The van der Waals surface area contributed by atoms with Crippen LogP contribution in [0.1, 0.15) is 29.8 Å². The van der Waals surface area contributed by atoms with Crippen molar-refractivity contribution in [3.05, 3.63) is 42.1 Å². The van der Waals surface area contributed by atoms with Gasteiger partial charge in [-0.2, -0.15) is 0 Å². The Hall–Kier alpha value is -1.94. The lowest BCUT2D eigenvalue weighted by Crippen LogP contribution is -2.37. The Bertz CT molecular complexity index is 690. The molecule has 4 nitrogen and oxygen atoms in total. The Morgan fingerprint density at radius 3 is 2.82 bits per heavy atom. The van der Waals surface area contributed by atoms with Gasteiger partial charge < -0.3 is 9.64 Å². The van der Waals surface area contributed by atoms with Gasteiger partial charge in [0.1, 0.15) is 5.69 Å². The highest BCUT2D eigenvalue weighted by atomic mass is 16.5. The molecule has 1 atom stereocenters. The lowest BCUT2D eigenvalue weighted by molar-refractivity contribution is 0.0700. The Morgan fingerprint density at radius 1 is 1.18 bits per heavy atom. The van der Waals surface area contributed by atoms with Gasteiger partial charge in [-0.25, -0.2) is 4.98 Å². The Balaban J connectivity index is 1.58. The molecule has 1 aromatic heterocycles. The fraction of sp³-hybridized carbons (Fsp3) is 0.444. The molecule has 1 saturated heterocycles. The zero-order chi connectivity index (χ0) is 14.9. The third kappa shape index (κ3) is 2.71. The Labute approximate surface area is 130 Å². The Morgan fingerprint density at radius 2 is 2.05 bits per heavy atom. The number of aromatic nitrogens is 1. The summed E-state index contributed by atoms with van der Waals surface area (Å²) in [5.74, 6) is 0.546. The number of benzene rings is 1. The second-order valence-corrected chi connectivity index (χ2v) is 6.31. The molecule has 1 aliphatic heterocycles. The van der Waals surface area contributed by atoms with E-state index < -0.39 is 0 Å². The van der Waals surface area contributed by atoms with Crippen molar-refractivity contribution in [3.8, 4) is 0 Å². The topological polar surface area (TPSA) is 42.4 Å². The molecule has 22 heavy (non-hydrogen) atoms. The van der Waals surface area contributed by atoms with Crippen molar-refractivity contribution in [2.45, 2.75) is 25.3 Å². The highest BCUT2D eigenvalue weighted by Crippen LogP contribution is 2.30. The van der Waals surface area contributed by atoms with Gasteiger partial charge in [-0.15, -0.1) is 0 Å². The van der Waals surface area contributed by atoms with Gasteiger partial charge >= 0.3 is 0 Å². The second-order valence-electron chi connectivity index (χ2n) is 6.31. The SMILES string of the molecule is O=C(c1ccc2ccccc2n1)N(C[C@@H]1CCOC1)C1CC1. The molecule has 2 heterocycles. The first-order chi connectivity index (χ1) is 10.8. The first-order valence-corrected chi connectivity index (χ1v) is 8.06. The first-order valence-electron chi connectivity index (χ1n) is 8.06. The van der Waals surface area contributed by atoms with Crippen molar-refractivity contribution in [1.29, 1.82) is 0 Å². The van der Waals surface area contributed by atoms with Gasteiger partial charge in [0, 0.05) is 30.5 Å². The monoisotopic (exact) mass is 296 g/mol. The van der Waals surface area contributed by atoms with Crippen molar-refractivity contribution in [2.75, 3.05) is 19.8 Å². The quantitative estimate of drug-likeness (QED) is 0.871. The maximum Gasteiger partial charge on any atom is 0.272 e. The summed E-state index contributed by atoms with van der Waals surface area (Å²) in [4.78, 5) is 19.5. The van der Waals surface area contributed by atoms with E-state index in [-0.39, 0.29) is 5.91 Å². The normalized spacial score (nSPS) is 21.2. The maximum absolute atomic E-state index is 12.9. The van der Waals surface area contributed by atoms with Gasteiger partial charge in [0.2, 0.25) is 0 Å². The van der Waals surface area contributed by atoms with Crippen molar-refractivity contribution in [1.82, 2.24) is 9.88 Å². The molecule has 4 heteroatoms. The van der Waals surface area contributed by atoms with Crippen molar-refractivity contribution >= 4 is 16.8 Å². The fourth-order valence-corrected chi connectivity index (χ4v) is 3.12. The summed E-state index contributed by atoms with van der Waals surface area (Å²) in [6.07, 6.45) is 3.29. The molecule has 4 rings (SSSR count). The van der Waals surface area contributed by atoms with Crippen molar-refractivity contribution < 1.29 is 9.53 Å². The average molecular weight is 296 g/mol. The number of fused-ring (bicyclic) bond motifs is 1. The number of carbonyl (C=O) groups excluding carboxylic acids is 1. The predicted molar refractivity (Wildman–Crippen MR) is 84.7 cm³/mol. The van der Waals surface area contributed by atoms with Crippen LogP contribution in [0.3, 0.4) is 0 Å². The van der Waals surface area contributed by atoms with Gasteiger partial charge in [-0.3, -0.25) is 4.79 Å². The van der Waals surface area contributed by atoms with Crippen LogP contribution in [-0.4, -0.2) is 41.6 Å². The molecule has 2 fully saturated rings. The molecule has 0 N–H and O–H groups in total. The average Bonchev–Trinajstić information content (AvgIpc) is 3.27. The highest BCUT2D eigenvalue weighted by molar-refractivity contribution is 5.95. The van der Waals surface area contributed by atoms with Gasteiger partial charge in [0.05, 0.1) is 12.1 Å². The van der Waals surface area contributed by atoms with Crippen LogP contribution in [0.2, 0.25) is 0 Å². The summed E-state index contributed by atoms with van der Waals surface area (Å²) >= 11 is 0. The molecule has 1 aliphatic carbocycles. The molecule has 2 aliphatic rings. The standard InChI is InChI=1S/C18H20N2O2/c21-18(17-8-5-14-3-1-2-4-16(14)19-17)20(15-6-7-15)11-13-9-10-22-12-13/h1-5,8,13,15H,6-7,9-12H2/t13-/m0/s1. The minimum absolute atomic E-state index is 0.0696. The maximum atomic E-state index is 12.9. The molecule has 0 bridgehead atoms. The van der Waals surface area contributed by atoms with E-state index in [0.717, 1.165) is 49.9 Å². The lowest BCUT2D eigenvalue weighted by Gasteiger charge is -2.25. The molecule has 0 unspecified atom stereocenters. The van der Waals surface area contributed by atoms with Crippen LogP contribution in [0.5, 0.6) is 0 Å². The minimum Gasteiger partial charge on any atom is -0.381 e. The Kier molecular flexibility index (Phi) is 3.54. The van der Waals surface area contributed by atoms with Gasteiger partial charge in [0.15, 0.2) is 0 Å². The van der Waals surface area contributed by atoms with E-state index in [2.05, 4.69) is 4.98 Å². The summed E-state index contributed by atoms with van der Waals surface area (Å²) in [5.41, 5.74) is 1.44. The van der Waals surface area contributed by atoms with Crippen LogP contribution in [0.25, 0.3) is 10.9 Å². The van der Waals surface area contributed by atoms with E-state index in [1.165, 1.54) is 0 Å². The van der Waals surface area contributed by atoms with E-state index in [1.807, 2.05) is 41.3 Å². The van der Waals surface area contributed by atoms with Crippen LogP contribution in [-0.2, 0) is 4.74 Å². The molecule has 2 aromatic rings. The van der Waals surface area contributed by atoms with E-state index in [0.29, 0.717) is 17.7 Å². The molecular formula is C18H20N2O2. The summed E-state index contributed by atoms with van der Waals surface area (Å²) in [6, 6.07) is 12.2. The van der Waals surface area contributed by atoms with Gasteiger partial charge in [-0.1, -0.05) is 24.3 Å². The number of para-hydroxylation sites is 1. The second kappa shape index (κ2) is 5.69. The molecule has 0 spiro atoms. The molecule has 114 valence electrons. The number of hydrogen-bond donors (Lipinski definition) is 0. The number of rotatable bonds is 4. The van der Waals surface area contributed by atoms with E-state index in [1.54, 1.807) is 0 Å². The van der Waals surface area contributed by atoms with Crippen LogP contribution < -0.4 is 0 Å². The lowest BCUT2D eigenvalue weighted by atomic mass is 10.1. The largest absolute Gasteiger partial charge is 0.381 e. The van der Waals surface area contributed by atoms with E-state index >= 15 is 0 Å². The van der Waals surface area contributed by atoms with Crippen LogP contribution >= 0.6 is 0 Å². The molecular weight excluding hydrogens is 276 g/mol. The van der Waals surface area contributed by atoms with Gasteiger partial charge in [0.25, 0.3) is 5.91 Å². The number of ether oxygens (including phenoxy) is 1. The van der Waals surface area contributed by atoms with Crippen LogP contribution in [0.15, 0.2) is 36.4 Å². The zero-order valence-electron chi connectivity index (χ0n) is 12.6. The van der Waals surface area contributed by atoms with E-state index in [4.69, 9.17) is 4.74 Å². The zero-order valence-corrected chi connectivity index (χ0v) is 12.6. The predicted octanol–water partition coefficient (Wildman–Crippen LogP) is 2.88. The molecule has 1 amide bonds. The van der Waals surface area contributed by atoms with Gasteiger partial charge in [-0.05, 0) is 31.4 Å². The summed E-state index contributed by atoms with van der Waals surface area (Å²) < 4.78 is 5.45. The third-order valence-electron chi connectivity index (χ3n) is 4.54.